The van der Waals surface area contributed by atoms with Gasteiger partial charge in [-0.15, -0.1) is 0 Å². The predicted octanol–water partition coefficient (Wildman–Crippen LogP) is 2.02. The van der Waals surface area contributed by atoms with Crippen LogP contribution in [-0.4, -0.2) is 50.1 Å². The topological polar surface area (TPSA) is 52.5 Å². The Hall–Kier alpha value is -3.22. The number of methoxy groups -OCH3 is 2. The van der Waals surface area contributed by atoms with E-state index < -0.39 is 0 Å². The first-order valence-corrected chi connectivity index (χ1v) is 12.2. The van der Waals surface area contributed by atoms with Crippen molar-refractivity contribution in [2.45, 2.75) is 26.6 Å². The molecule has 6 nitrogen and oxygen atoms in total. The quantitative estimate of drug-likeness (QED) is 0.395. The predicted molar refractivity (Wildman–Crippen MR) is 135 cm³/mol. The Labute approximate surface area is 200 Å². The molecular weight excluding hydrogens is 426 g/mol. The highest BCUT2D eigenvalue weighted by Crippen LogP contribution is 2.36. The summed E-state index contributed by atoms with van der Waals surface area (Å²) in [7, 11) is 3.15. The minimum atomic E-state index is 0.0667. The average molecular weight is 462 g/mol. The Kier molecular flexibility index (Phi) is 6.35. The van der Waals surface area contributed by atoms with E-state index in [0.717, 1.165) is 51.4 Å². The third-order valence-corrected chi connectivity index (χ3v) is 7.27. The molecule has 5 rings (SSSR count). The molecule has 0 atom stereocenters. The fourth-order valence-electron chi connectivity index (χ4n) is 5.49. The number of fused-ring (bicyclic) bond motifs is 3. The molecule has 0 aliphatic carbocycles. The van der Waals surface area contributed by atoms with Gasteiger partial charge in [-0.3, -0.25) is 0 Å². The molecule has 3 aromatic carbocycles. The van der Waals surface area contributed by atoms with Crippen molar-refractivity contribution >= 4 is 21.8 Å². The van der Waals surface area contributed by atoms with Crippen LogP contribution in [0, 0.1) is 0 Å². The zero-order valence-electron chi connectivity index (χ0n) is 20.4. The molecule has 2 heterocycles. The molecule has 0 bridgehead atoms. The molecule has 1 aromatic heterocycles. The zero-order valence-corrected chi connectivity index (χ0v) is 20.4. The first kappa shape index (κ1) is 22.6. The zero-order chi connectivity index (χ0) is 23.7. The van der Waals surface area contributed by atoms with Crippen LogP contribution in [0.2, 0.25) is 0 Å². The Morgan fingerprint density at radius 3 is 1.97 bits per heavy atom. The molecule has 0 spiro atoms. The van der Waals surface area contributed by atoms with Crippen LogP contribution in [0.4, 0.5) is 0 Å². The Morgan fingerprint density at radius 1 is 0.765 bits per heavy atom. The number of nitrogens with zero attached hydrogens (tertiary/aromatic N) is 1. The maximum Gasteiger partial charge on any atom is 0.200 e. The number of hydrogen-bond acceptors (Lipinski definition) is 3. The van der Waals surface area contributed by atoms with Gasteiger partial charge in [0.1, 0.15) is 39.3 Å². The Bertz CT molecular complexity index is 1280. The second kappa shape index (κ2) is 9.57. The van der Waals surface area contributed by atoms with Gasteiger partial charge in [-0.25, -0.2) is 0 Å². The number of aryl methyl sites for hydroxylation is 1. The average Bonchev–Trinajstić information content (AvgIpc) is 3.19. The molecule has 0 radical (unpaired) electrons. The smallest absolute Gasteiger partial charge is 0.200 e. The highest BCUT2D eigenvalue weighted by Gasteiger charge is 2.24. The highest BCUT2D eigenvalue weighted by atomic mass is 16.5. The highest BCUT2D eigenvalue weighted by molar-refractivity contribution is 6.08. The van der Waals surface area contributed by atoms with Crippen LogP contribution in [-0.2, 0) is 19.6 Å². The maximum absolute atomic E-state index is 10.2. The second-order valence-corrected chi connectivity index (χ2v) is 9.32. The summed E-state index contributed by atoms with van der Waals surface area (Å²) in [6.45, 7) is 9.72. The van der Waals surface area contributed by atoms with Crippen molar-refractivity contribution < 1.29 is 24.4 Å². The number of hydrogen-bond donors (Lipinski definition) is 3. The number of aromatic nitrogens is 1. The molecule has 0 amide bonds. The summed E-state index contributed by atoms with van der Waals surface area (Å²) in [5.41, 5.74) is 5.20. The summed E-state index contributed by atoms with van der Waals surface area (Å²) < 4.78 is 13.1. The van der Waals surface area contributed by atoms with E-state index >= 15 is 0 Å². The number of piperazine rings is 1. The van der Waals surface area contributed by atoms with Crippen LogP contribution in [0.3, 0.4) is 0 Å². The van der Waals surface area contributed by atoms with Crippen LogP contribution < -0.4 is 19.3 Å². The molecule has 1 aliphatic heterocycles. The Balaban J connectivity index is 1.26. The first-order chi connectivity index (χ1) is 16.6. The van der Waals surface area contributed by atoms with E-state index in [1.54, 1.807) is 24.0 Å². The normalized spacial score (nSPS) is 18.4. The summed E-state index contributed by atoms with van der Waals surface area (Å²) in [6, 6.07) is 19.6. The van der Waals surface area contributed by atoms with E-state index in [4.69, 9.17) is 9.47 Å². The van der Waals surface area contributed by atoms with Gasteiger partial charge in [0.05, 0.1) is 14.2 Å². The van der Waals surface area contributed by atoms with Crippen LogP contribution >= 0.6 is 0 Å². The molecule has 178 valence electrons. The number of rotatable bonds is 7. The number of phenols is 1. The summed E-state index contributed by atoms with van der Waals surface area (Å²) >= 11 is 0. The van der Waals surface area contributed by atoms with E-state index in [9.17, 15) is 5.11 Å². The van der Waals surface area contributed by atoms with Crippen molar-refractivity contribution in [3.63, 3.8) is 0 Å². The van der Waals surface area contributed by atoms with Crippen LogP contribution in [0.5, 0.6) is 17.2 Å². The monoisotopic (exact) mass is 461 g/mol. The number of phenolic OH excluding ortho intramolecular Hbond substituents is 1. The van der Waals surface area contributed by atoms with E-state index in [1.807, 2.05) is 12.1 Å². The van der Waals surface area contributed by atoms with E-state index in [2.05, 4.69) is 54.0 Å². The van der Waals surface area contributed by atoms with Gasteiger partial charge in [0, 0.05) is 39.5 Å². The molecule has 0 saturated carbocycles. The maximum atomic E-state index is 10.2. The third-order valence-electron chi connectivity index (χ3n) is 7.27. The number of para-hydroxylation sites is 1. The third kappa shape index (κ3) is 4.19. The van der Waals surface area contributed by atoms with Gasteiger partial charge in [-0.2, -0.15) is 0 Å². The lowest BCUT2D eigenvalue weighted by molar-refractivity contribution is -1.02. The minimum absolute atomic E-state index is 0.0667. The molecule has 34 heavy (non-hydrogen) atoms. The molecular formula is C28H35N3O3+2. The molecule has 1 aliphatic rings. The molecule has 3 N–H and O–H groups in total. The number of ether oxygens (including phenoxy) is 2. The standard InChI is InChI=1S/C28H33N3O3/c1-4-31-24-8-6-5-7-22(24)23-15-20(9-10-25(23)31)18-29-11-13-30(14-12-29)19-21-16-26(33-2)28(32)27(17-21)34-3/h5-10,15-17,32H,4,11-14,18-19H2,1-3H3/p+2. The summed E-state index contributed by atoms with van der Waals surface area (Å²) in [5, 5.41) is 12.9. The summed E-state index contributed by atoms with van der Waals surface area (Å²) in [6.07, 6.45) is 0. The van der Waals surface area contributed by atoms with Crippen LogP contribution in [0.15, 0.2) is 54.6 Å². The van der Waals surface area contributed by atoms with Gasteiger partial charge >= 0.3 is 0 Å². The largest absolute Gasteiger partial charge is 0.502 e. The lowest BCUT2D eigenvalue weighted by Gasteiger charge is -2.30. The van der Waals surface area contributed by atoms with Gasteiger partial charge in [0.25, 0.3) is 0 Å². The van der Waals surface area contributed by atoms with Crippen LogP contribution in [0.25, 0.3) is 21.8 Å². The number of aromatic hydroxyl groups is 1. The van der Waals surface area contributed by atoms with Crippen molar-refractivity contribution in [1.29, 1.82) is 0 Å². The van der Waals surface area contributed by atoms with Gasteiger partial charge < -0.3 is 28.9 Å². The number of benzene rings is 3. The van der Waals surface area contributed by atoms with Crippen molar-refractivity contribution in [3.05, 3.63) is 65.7 Å². The van der Waals surface area contributed by atoms with Gasteiger partial charge in [-0.05, 0) is 37.3 Å². The SMILES string of the molecule is CCn1c2ccccc2c2cc(C[NH+]3CC[NH+](Cc4cc(OC)c(O)c(OC)c4)CC3)ccc21. The lowest BCUT2D eigenvalue weighted by Crippen LogP contribution is -3.27. The van der Waals surface area contributed by atoms with Gasteiger partial charge in [0.15, 0.2) is 11.5 Å². The van der Waals surface area contributed by atoms with Crippen molar-refractivity contribution in [1.82, 2.24) is 4.57 Å². The van der Waals surface area contributed by atoms with Crippen molar-refractivity contribution in [2.75, 3.05) is 40.4 Å². The van der Waals surface area contributed by atoms with Crippen molar-refractivity contribution in [2.24, 2.45) is 0 Å². The van der Waals surface area contributed by atoms with E-state index in [1.165, 1.54) is 27.4 Å². The first-order valence-electron chi connectivity index (χ1n) is 12.2. The molecule has 6 heteroatoms. The van der Waals surface area contributed by atoms with E-state index in [0.29, 0.717) is 11.5 Å². The van der Waals surface area contributed by atoms with Gasteiger partial charge in [0.2, 0.25) is 5.75 Å². The van der Waals surface area contributed by atoms with Gasteiger partial charge in [-0.1, -0.05) is 24.3 Å². The number of nitrogens with one attached hydrogen (secondary N) is 2. The van der Waals surface area contributed by atoms with Crippen LogP contribution in [0.1, 0.15) is 18.1 Å². The fraction of sp³-hybridized carbons (Fsp3) is 0.357. The molecule has 1 fully saturated rings. The summed E-state index contributed by atoms with van der Waals surface area (Å²) in [5.74, 6) is 1.01. The second-order valence-electron chi connectivity index (χ2n) is 9.32. The summed E-state index contributed by atoms with van der Waals surface area (Å²) in [4.78, 5) is 3.20. The fourth-order valence-corrected chi connectivity index (χ4v) is 5.49. The Morgan fingerprint density at radius 2 is 1.35 bits per heavy atom. The van der Waals surface area contributed by atoms with E-state index in [-0.39, 0.29) is 5.75 Å². The molecule has 4 aromatic rings. The lowest BCUT2D eigenvalue weighted by atomic mass is 10.1. The van der Waals surface area contributed by atoms with Crippen molar-refractivity contribution in [3.8, 4) is 17.2 Å². The number of quaternary nitrogens is 2. The molecule has 1 saturated heterocycles. The molecule has 0 unspecified atom stereocenters. The minimum Gasteiger partial charge on any atom is -0.502 e.